The minimum atomic E-state index is 0.242. The summed E-state index contributed by atoms with van der Waals surface area (Å²) in [5.41, 5.74) is 6.31. The first kappa shape index (κ1) is 7.12. The standard InChI is InChI=1S/C8H9N3O/c9-4-8-10-5-6-3-7(12)1-2-11(6)8/h1-3,5,12H,4,9H2. The van der Waals surface area contributed by atoms with Crippen LogP contribution in [0.5, 0.6) is 5.75 Å². The van der Waals surface area contributed by atoms with Gasteiger partial charge in [-0.3, -0.25) is 0 Å². The average Bonchev–Trinajstić information content (AvgIpc) is 2.46. The van der Waals surface area contributed by atoms with E-state index in [1.165, 1.54) is 0 Å². The van der Waals surface area contributed by atoms with E-state index in [0.717, 1.165) is 11.3 Å². The lowest BCUT2D eigenvalue weighted by molar-refractivity contribution is 0.475. The summed E-state index contributed by atoms with van der Waals surface area (Å²) in [6.45, 7) is 0.402. The second kappa shape index (κ2) is 2.49. The summed E-state index contributed by atoms with van der Waals surface area (Å²) in [6.07, 6.45) is 3.43. The van der Waals surface area contributed by atoms with Crippen molar-refractivity contribution in [1.82, 2.24) is 9.38 Å². The van der Waals surface area contributed by atoms with Crippen LogP contribution in [0.4, 0.5) is 0 Å². The molecule has 0 bridgehead atoms. The maximum absolute atomic E-state index is 9.14. The number of imidazole rings is 1. The molecule has 12 heavy (non-hydrogen) atoms. The number of nitrogens with two attached hydrogens (primary N) is 1. The molecule has 2 heterocycles. The molecule has 0 aliphatic heterocycles. The fourth-order valence-corrected chi connectivity index (χ4v) is 1.19. The van der Waals surface area contributed by atoms with Crippen molar-refractivity contribution in [3.05, 3.63) is 30.4 Å². The first-order valence-corrected chi connectivity index (χ1v) is 3.66. The van der Waals surface area contributed by atoms with E-state index < -0.39 is 0 Å². The number of hydrogen-bond acceptors (Lipinski definition) is 3. The molecule has 0 aromatic carbocycles. The molecule has 0 aliphatic rings. The Morgan fingerprint density at radius 3 is 3.17 bits per heavy atom. The Morgan fingerprint density at radius 1 is 1.58 bits per heavy atom. The van der Waals surface area contributed by atoms with Gasteiger partial charge >= 0.3 is 0 Å². The van der Waals surface area contributed by atoms with E-state index >= 15 is 0 Å². The molecule has 2 aromatic rings. The molecular weight excluding hydrogens is 154 g/mol. The molecule has 0 saturated heterocycles. The second-order valence-electron chi connectivity index (χ2n) is 2.56. The summed E-state index contributed by atoms with van der Waals surface area (Å²) >= 11 is 0. The van der Waals surface area contributed by atoms with Crippen molar-refractivity contribution in [1.29, 1.82) is 0 Å². The van der Waals surface area contributed by atoms with Crippen LogP contribution in [0.2, 0.25) is 0 Å². The molecule has 62 valence electrons. The van der Waals surface area contributed by atoms with E-state index in [-0.39, 0.29) is 5.75 Å². The van der Waals surface area contributed by atoms with Gasteiger partial charge in [-0.2, -0.15) is 0 Å². The fraction of sp³-hybridized carbons (Fsp3) is 0.125. The van der Waals surface area contributed by atoms with Gasteiger partial charge in [0.15, 0.2) is 0 Å². The van der Waals surface area contributed by atoms with Gasteiger partial charge < -0.3 is 15.2 Å². The summed E-state index contributed by atoms with van der Waals surface area (Å²) in [5, 5.41) is 9.14. The number of nitrogens with zero attached hydrogens (tertiary/aromatic N) is 2. The molecule has 0 fully saturated rings. The predicted molar refractivity (Wildman–Crippen MR) is 44.7 cm³/mol. The summed E-state index contributed by atoms with van der Waals surface area (Å²) in [7, 11) is 0. The molecule has 0 radical (unpaired) electrons. The molecule has 0 unspecified atom stereocenters. The average molecular weight is 163 g/mol. The first-order chi connectivity index (χ1) is 5.81. The number of aromatic nitrogens is 2. The minimum absolute atomic E-state index is 0.242. The van der Waals surface area contributed by atoms with E-state index in [2.05, 4.69) is 4.98 Å². The van der Waals surface area contributed by atoms with Gasteiger partial charge in [0.2, 0.25) is 0 Å². The van der Waals surface area contributed by atoms with E-state index in [1.54, 1.807) is 24.5 Å². The van der Waals surface area contributed by atoms with E-state index in [1.807, 2.05) is 4.40 Å². The zero-order chi connectivity index (χ0) is 8.55. The van der Waals surface area contributed by atoms with Crippen molar-refractivity contribution in [2.75, 3.05) is 0 Å². The van der Waals surface area contributed by atoms with Crippen LogP contribution in [-0.2, 0) is 6.54 Å². The summed E-state index contributed by atoms with van der Waals surface area (Å²) in [5.74, 6) is 1.04. The van der Waals surface area contributed by atoms with Crippen LogP contribution in [0.3, 0.4) is 0 Å². The molecule has 3 N–H and O–H groups in total. The van der Waals surface area contributed by atoms with Gasteiger partial charge in [-0.1, -0.05) is 0 Å². The lowest BCUT2D eigenvalue weighted by Crippen LogP contribution is -2.01. The summed E-state index contributed by atoms with van der Waals surface area (Å²) in [4.78, 5) is 4.08. The van der Waals surface area contributed by atoms with Crippen LogP contribution in [0, 0.1) is 0 Å². The molecule has 4 heteroatoms. The smallest absolute Gasteiger partial charge is 0.127 e. The van der Waals surface area contributed by atoms with Crippen molar-refractivity contribution >= 4 is 5.52 Å². The first-order valence-electron chi connectivity index (χ1n) is 3.66. The van der Waals surface area contributed by atoms with Crippen LogP contribution in [-0.4, -0.2) is 14.5 Å². The van der Waals surface area contributed by atoms with Crippen molar-refractivity contribution in [3.63, 3.8) is 0 Å². The summed E-state index contributed by atoms with van der Waals surface area (Å²) < 4.78 is 1.85. The quantitative estimate of drug-likeness (QED) is 0.643. The highest BCUT2D eigenvalue weighted by Crippen LogP contribution is 2.13. The van der Waals surface area contributed by atoms with Gasteiger partial charge in [0, 0.05) is 12.3 Å². The normalized spacial score (nSPS) is 10.8. The maximum atomic E-state index is 9.14. The monoisotopic (exact) mass is 163 g/mol. The molecule has 0 saturated carbocycles. The second-order valence-corrected chi connectivity index (χ2v) is 2.56. The zero-order valence-corrected chi connectivity index (χ0v) is 6.44. The Kier molecular flexibility index (Phi) is 1.48. The van der Waals surface area contributed by atoms with Gasteiger partial charge in [0.25, 0.3) is 0 Å². The number of aromatic hydroxyl groups is 1. The van der Waals surface area contributed by atoms with Gasteiger partial charge in [0.1, 0.15) is 11.6 Å². The van der Waals surface area contributed by atoms with Gasteiger partial charge in [-0.05, 0) is 6.07 Å². The van der Waals surface area contributed by atoms with Crippen LogP contribution < -0.4 is 5.73 Å². The topological polar surface area (TPSA) is 63.5 Å². The highest BCUT2D eigenvalue weighted by Gasteiger charge is 2.00. The number of rotatable bonds is 1. The number of pyridine rings is 1. The molecular formula is C8H9N3O. The van der Waals surface area contributed by atoms with Crippen molar-refractivity contribution < 1.29 is 5.11 Å². The Bertz CT molecular complexity index is 408. The highest BCUT2D eigenvalue weighted by atomic mass is 16.3. The molecule has 0 aliphatic carbocycles. The Labute approximate surface area is 69.3 Å². The van der Waals surface area contributed by atoms with E-state index in [0.29, 0.717) is 6.54 Å². The third-order valence-electron chi connectivity index (χ3n) is 1.77. The maximum Gasteiger partial charge on any atom is 0.127 e. The predicted octanol–water partition coefficient (Wildman–Crippen LogP) is 0.499. The Morgan fingerprint density at radius 2 is 2.42 bits per heavy atom. The molecule has 0 atom stereocenters. The third-order valence-corrected chi connectivity index (χ3v) is 1.77. The molecule has 4 nitrogen and oxygen atoms in total. The van der Waals surface area contributed by atoms with Crippen molar-refractivity contribution in [2.45, 2.75) is 6.54 Å². The molecule has 0 amide bonds. The Balaban J connectivity index is 2.73. The lowest BCUT2D eigenvalue weighted by atomic mass is 10.4. The third kappa shape index (κ3) is 0.931. The Hall–Kier alpha value is -1.55. The lowest BCUT2D eigenvalue weighted by Gasteiger charge is -1.97. The molecule has 2 rings (SSSR count). The zero-order valence-electron chi connectivity index (χ0n) is 6.44. The highest BCUT2D eigenvalue weighted by molar-refractivity contribution is 5.50. The van der Waals surface area contributed by atoms with Gasteiger partial charge in [-0.25, -0.2) is 4.98 Å². The SMILES string of the molecule is NCc1ncc2cc(O)ccn12. The molecule has 0 spiro atoms. The van der Waals surface area contributed by atoms with Crippen molar-refractivity contribution in [3.8, 4) is 5.75 Å². The fourth-order valence-electron chi connectivity index (χ4n) is 1.19. The molecule has 2 aromatic heterocycles. The minimum Gasteiger partial charge on any atom is -0.508 e. The van der Waals surface area contributed by atoms with Gasteiger partial charge in [0.05, 0.1) is 18.3 Å². The summed E-state index contributed by atoms with van der Waals surface area (Å²) in [6, 6.07) is 3.25. The van der Waals surface area contributed by atoms with Crippen LogP contribution >= 0.6 is 0 Å². The van der Waals surface area contributed by atoms with Crippen molar-refractivity contribution in [2.24, 2.45) is 5.73 Å². The number of hydrogen-bond donors (Lipinski definition) is 2. The number of fused-ring (bicyclic) bond motifs is 1. The van der Waals surface area contributed by atoms with E-state index in [4.69, 9.17) is 10.8 Å². The van der Waals surface area contributed by atoms with Crippen LogP contribution in [0.15, 0.2) is 24.5 Å². The largest absolute Gasteiger partial charge is 0.508 e. The van der Waals surface area contributed by atoms with E-state index in [9.17, 15) is 0 Å². The van der Waals surface area contributed by atoms with Crippen LogP contribution in [0.25, 0.3) is 5.52 Å². The van der Waals surface area contributed by atoms with Crippen LogP contribution in [0.1, 0.15) is 5.82 Å². The van der Waals surface area contributed by atoms with Gasteiger partial charge in [-0.15, -0.1) is 0 Å².